The topological polar surface area (TPSA) is 49.0 Å². The van der Waals surface area contributed by atoms with Gasteiger partial charge in [-0.15, -0.1) is 11.8 Å². The molecule has 1 N–H and O–H groups in total. The van der Waals surface area contributed by atoms with E-state index in [1.165, 1.54) is 17.8 Å². The number of aromatic amines is 1. The first-order valence-electron chi connectivity index (χ1n) is 5.85. The summed E-state index contributed by atoms with van der Waals surface area (Å²) in [4.78, 5) is 14.0. The molecule has 0 aliphatic rings. The van der Waals surface area contributed by atoms with E-state index in [0.717, 1.165) is 17.7 Å². The minimum absolute atomic E-state index is 0.0964. The van der Waals surface area contributed by atoms with Gasteiger partial charge in [0.15, 0.2) is 11.6 Å². The highest BCUT2D eigenvalue weighted by Gasteiger charge is 2.11. The van der Waals surface area contributed by atoms with Gasteiger partial charge in [0, 0.05) is 30.2 Å². The zero-order chi connectivity index (χ0) is 14.5. The lowest BCUT2D eigenvalue weighted by Gasteiger charge is -2.15. The second-order valence-electron chi connectivity index (χ2n) is 4.22. The highest BCUT2D eigenvalue weighted by atomic mass is 32.2. The van der Waals surface area contributed by atoms with Crippen LogP contribution in [0.5, 0.6) is 0 Å². The third-order valence-electron chi connectivity index (χ3n) is 2.65. The van der Waals surface area contributed by atoms with Crippen molar-refractivity contribution in [3.8, 4) is 0 Å². The number of hydrogen-bond donors (Lipinski definition) is 1. The maximum absolute atomic E-state index is 13.0. The van der Waals surface area contributed by atoms with Crippen molar-refractivity contribution in [3.05, 3.63) is 47.8 Å². The quantitative estimate of drug-likeness (QED) is 0.862. The molecule has 2 rings (SSSR count). The lowest BCUT2D eigenvalue weighted by Crippen LogP contribution is -2.27. The van der Waals surface area contributed by atoms with Gasteiger partial charge in [0.05, 0.1) is 11.9 Å². The first-order chi connectivity index (χ1) is 9.56. The second-order valence-corrected chi connectivity index (χ2v) is 5.27. The van der Waals surface area contributed by atoms with E-state index in [9.17, 15) is 13.6 Å². The molecule has 7 heteroatoms. The highest BCUT2D eigenvalue weighted by Crippen LogP contribution is 2.20. The van der Waals surface area contributed by atoms with E-state index in [-0.39, 0.29) is 11.7 Å². The molecule has 0 radical (unpaired) electrons. The van der Waals surface area contributed by atoms with Crippen molar-refractivity contribution in [2.45, 2.75) is 11.4 Å². The summed E-state index contributed by atoms with van der Waals surface area (Å²) in [6.07, 6.45) is 3.36. The molecule has 0 fully saturated rings. The Labute approximate surface area is 119 Å². The third-order valence-corrected chi connectivity index (χ3v) is 3.63. The van der Waals surface area contributed by atoms with Crippen LogP contribution >= 0.6 is 11.8 Å². The van der Waals surface area contributed by atoms with Gasteiger partial charge in [-0.1, -0.05) is 0 Å². The molecular weight excluding hydrogens is 284 g/mol. The van der Waals surface area contributed by atoms with Gasteiger partial charge in [-0.2, -0.15) is 5.10 Å². The number of hydrogen-bond acceptors (Lipinski definition) is 3. The lowest BCUT2D eigenvalue weighted by molar-refractivity contribution is -0.127. The molecule has 0 bridgehead atoms. The molecular formula is C13H13F2N3OS. The lowest BCUT2D eigenvalue weighted by atomic mass is 10.3. The van der Waals surface area contributed by atoms with Gasteiger partial charge < -0.3 is 4.90 Å². The molecule has 0 spiro atoms. The number of amides is 1. The number of halogens is 2. The summed E-state index contributed by atoms with van der Waals surface area (Å²) in [6, 6.07) is 3.59. The van der Waals surface area contributed by atoms with E-state index in [1.54, 1.807) is 24.3 Å². The van der Waals surface area contributed by atoms with Gasteiger partial charge in [0.1, 0.15) is 0 Å². The van der Waals surface area contributed by atoms with Gasteiger partial charge in [-0.25, -0.2) is 8.78 Å². The van der Waals surface area contributed by atoms with Crippen molar-refractivity contribution < 1.29 is 13.6 Å². The molecule has 0 unspecified atom stereocenters. The molecule has 1 heterocycles. The summed E-state index contributed by atoms with van der Waals surface area (Å²) in [5.41, 5.74) is 0.902. The van der Waals surface area contributed by atoms with Gasteiger partial charge in [0.25, 0.3) is 0 Å². The van der Waals surface area contributed by atoms with Crippen molar-refractivity contribution in [3.63, 3.8) is 0 Å². The maximum atomic E-state index is 13.0. The minimum atomic E-state index is -0.908. The van der Waals surface area contributed by atoms with Crippen molar-refractivity contribution in [1.82, 2.24) is 15.1 Å². The maximum Gasteiger partial charge on any atom is 0.232 e. The summed E-state index contributed by atoms with van der Waals surface area (Å²) in [6.45, 7) is 0.452. The van der Waals surface area contributed by atoms with Gasteiger partial charge in [0.2, 0.25) is 5.91 Å². The van der Waals surface area contributed by atoms with E-state index in [0.29, 0.717) is 11.4 Å². The van der Waals surface area contributed by atoms with Crippen LogP contribution < -0.4 is 0 Å². The van der Waals surface area contributed by atoms with Crippen molar-refractivity contribution in [2.24, 2.45) is 0 Å². The molecule has 2 aromatic rings. The van der Waals surface area contributed by atoms with Gasteiger partial charge >= 0.3 is 0 Å². The number of nitrogens with zero attached hydrogens (tertiary/aromatic N) is 2. The summed E-state index contributed by atoms with van der Waals surface area (Å²) in [5, 5.41) is 6.47. The third kappa shape index (κ3) is 3.80. The van der Waals surface area contributed by atoms with Crippen molar-refractivity contribution >= 4 is 17.7 Å². The van der Waals surface area contributed by atoms with E-state index in [1.807, 2.05) is 0 Å². The SMILES string of the molecule is CN(Cc1cn[nH]c1)C(=O)CSc1ccc(F)c(F)c1. The molecule has 1 aromatic heterocycles. The largest absolute Gasteiger partial charge is 0.341 e. The second kappa shape index (κ2) is 6.51. The number of carbonyl (C=O) groups is 1. The number of H-pyrrole nitrogens is 1. The fourth-order valence-corrected chi connectivity index (χ4v) is 2.41. The molecule has 0 aliphatic heterocycles. The van der Waals surface area contributed by atoms with Crippen LogP contribution in [-0.4, -0.2) is 33.8 Å². The van der Waals surface area contributed by atoms with Crippen LogP contribution in [-0.2, 0) is 11.3 Å². The van der Waals surface area contributed by atoms with Crippen LogP contribution in [0, 0.1) is 11.6 Å². The van der Waals surface area contributed by atoms with Crippen LogP contribution in [0.15, 0.2) is 35.5 Å². The minimum Gasteiger partial charge on any atom is -0.341 e. The number of carbonyl (C=O) groups excluding carboxylic acids is 1. The van der Waals surface area contributed by atoms with Crippen molar-refractivity contribution in [2.75, 3.05) is 12.8 Å². The Morgan fingerprint density at radius 1 is 1.40 bits per heavy atom. The number of benzene rings is 1. The Bertz CT molecular complexity index is 589. The summed E-state index contributed by atoms with van der Waals surface area (Å²) >= 11 is 1.17. The summed E-state index contributed by atoms with van der Waals surface area (Å²) < 4.78 is 25.8. The molecule has 0 saturated carbocycles. The summed E-state index contributed by atoms with van der Waals surface area (Å²) in [5.74, 6) is -1.73. The monoisotopic (exact) mass is 297 g/mol. The van der Waals surface area contributed by atoms with Crippen molar-refractivity contribution in [1.29, 1.82) is 0 Å². The fraction of sp³-hybridized carbons (Fsp3) is 0.231. The molecule has 4 nitrogen and oxygen atoms in total. The zero-order valence-electron chi connectivity index (χ0n) is 10.8. The van der Waals surface area contributed by atoms with Crippen LogP contribution in [0.4, 0.5) is 8.78 Å². The standard InChI is InChI=1S/C13H13F2N3OS/c1-18(7-9-5-16-17-6-9)13(19)8-20-10-2-3-11(14)12(15)4-10/h2-6H,7-8H2,1H3,(H,16,17). The molecule has 106 valence electrons. The predicted molar refractivity (Wildman–Crippen MR) is 72.1 cm³/mol. The number of thioether (sulfide) groups is 1. The van der Waals surface area contributed by atoms with E-state index < -0.39 is 11.6 Å². The molecule has 0 saturated heterocycles. The Morgan fingerprint density at radius 3 is 2.85 bits per heavy atom. The van der Waals surface area contributed by atoms with Gasteiger partial charge in [-0.3, -0.25) is 9.89 Å². The first-order valence-corrected chi connectivity index (χ1v) is 6.84. The first kappa shape index (κ1) is 14.5. The van der Waals surface area contributed by atoms with Crippen LogP contribution in [0.25, 0.3) is 0 Å². The smallest absolute Gasteiger partial charge is 0.232 e. The fourth-order valence-electron chi connectivity index (χ4n) is 1.55. The Kier molecular flexibility index (Phi) is 4.73. The molecule has 1 aromatic carbocycles. The van der Waals surface area contributed by atoms with E-state index in [2.05, 4.69) is 10.2 Å². The zero-order valence-corrected chi connectivity index (χ0v) is 11.6. The highest BCUT2D eigenvalue weighted by molar-refractivity contribution is 8.00. The Morgan fingerprint density at radius 2 is 2.20 bits per heavy atom. The molecule has 20 heavy (non-hydrogen) atoms. The number of rotatable bonds is 5. The average Bonchev–Trinajstić information content (AvgIpc) is 2.92. The normalized spacial score (nSPS) is 10.6. The van der Waals surface area contributed by atoms with Crippen LogP contribution in [0.3, 0.4) is 0 Å². The molecule has 0 aliphatic carbocycles. The molecule has 1 amide bonds. The summed E-state index contributed by atoms with van der Waals surface area (Å²) in [7, 11) is 1.68. The predicted octanol–water partition coefficient (Wildman–Crippen LogP) is 2.44. The van der Waals surface area contributed by atoms with Crippen LogP contribution in [0.1, 0.15) is 5.56 Å². The number of nitrogens with one attached hydrogen (secondary N) is 1. The van der Waals surface area contributed by atoms with E-state index in [4.69, 9.17) is 0 Å². The van der Waals surface area contributed by atoms with Crippen LogP contribution in [0.2, 0.25) is 0 Å². The average molecular weight is 297 g/mol. The van der Waals surface area contributed by atoms with E-state index >= 15 is 0 Å². The molecule has 0 atom stereocenters. The Balaban J connectivity index is 1.86. The number of aromatic nitrogens is 2. The Hall–Kier alpha value is -1.89. The van der Waals surface area contributed by atoms with Gasteiger partial charge in [-0.05, 0) is 18.2 Å².